The van der Waals surface area contributed by atoms with Gasteiger partial charge in [-0.2, -0.15) is 0 Å². The number of nitrogens with zero attached hydrogens (tertiary/aromatic N) is 1. The van der Waals surface area contributed by atoms with Crippen LogP contribution in [0.25, 0.3) is 0 Å². The molecule has 0 unspecified atom stereocenters. The quantitative estimate of drug-likeness (QED) is 0.572. The molecule has 0 fully saturated rings. The number of aromatic nitrogens is 1. The fourth-order valence-electron chi connectivity index (χ4n) is 3.43. The minimum absolute atomic E-state index is 0.0488. The third-order valence-electron chi connectivity index (χ3n) is 4.87. The smallest absolute Gasteiger partial charge is 0.303 e. The number of carboxylic acids is 1. The molecule has 2 amide bonds. The van der Waals surface area contributed by atoms with Crippen LogP contribution in [-0.4, -0.2) is 27.9 Å². The predicted octanol–water partition coefficient (Wildman–Crippen LogP) is 3.54. The van der Waals surface area contributed by atoms with Crippen LogP contribution in [0, 0.1) is 0 Å². The number of pyridine rings is 1. The van der Waals surface area contributed by atoms with E-state index >= 15 is 0 Å². The van der Waals surface area contributed by atoms with Gasteiger partial charge in [-0.3, -0.25) is 19.4 Å². The number of fused-ring (bicyclic) bond motifs is 1. The molecule has 1 aliphatic carbocycles. The number of nitrogens with one attached hydrogen (secondary N) is 2. The van der Waals surface area contributed by atoms with Crippen LogP contribution in [0.3, 0.4) is 0 Å². The van der Waals surface area contributed by atoms with Gasteiger partial charge in [-0.1, -0.05) is 12.5 Å². The molecule has 0 bridgehead atoms. The number of aliphatic carboxylic acids is 1. The van der Waals surface area contributed by atoms with Crippen molar-refractivity contribution in [3.63, 3.8) is 0 Å². The zero-order valence-electron chi connectivity index (χ0n) is 16.2. The van der Waals surface area contributed by atoms with Gasteiger partial charge in [0.05, 0.1) is 5.56 Å². The van der Waals surface area contributed by atoms with Gasteiger partial charge in [0, 0.05) is 36.7 Å². The fraction of sp³-hybridized carbons (Fsp3) is 0.429. The summed E-state index contributed by atoms with van der Waals surface area (Å²) in [4.78, 5) is 41.2. The lowest BCUT2D eigenvalue weighted by atomic mass is 10.0. The molecule has 0 saturated carbocycles. The van der Waals surface area contributed by atoms with Gasteiger partial charge in [-0.25, -0.2) is 0 Å². The summed E-state index contributed by atoms with van der Waals surface area (Å²) in [5.41, 5.74) is 2.50. The molecule has 2 heterocycles. The van der Waals surface area contributed by atoms with E-state index in [0.717, 1.165) is 48.1 Å². The maximum Gasteiger partial charge on any atom is 0.303 e. The van der Waals surface area contributed by atoms with Gasteiger partial charge >= 0.3 is 5.97 Å². The number of thiophene rings is 1. The fourth-order valence-corrected chi connectivity index (χ4v) is 4.74. The molecule has 0 aromatic carbocycles. The SMILES string of the molecule is O=C(O)CCCC(=O)Nc1sc2c(c1C(=O)NCc1cccnc1)CCCCC2. The summed E-state index contributed by atoms with van der Waals surface area (Å²) >= 11 is 1.47. The number of hydrogen-bond acceptors (Lipinski definition) is 5. The molecule has 0 atom stereocenters. The van der Waals surface area contributed by atoms with Gasteiger partial charge in [0.15, 0.2) is 0 Å². The highest BCUT2D eigenvalue weighted by molar-refractivity contribution is 7.17. The molecule has 3 N–H and O–H groups in total. The van der Waals surface area contributed by atoms with Crippen molar-refractivity contribution in [2.75, 3.05) is 5.32 Å². The van der Waals surface area contributed by atoms with Crippen LogP contribution in [0.15, 0.2) is 24.5 Å². The second-order valence-corrected chi connectivity index (χ2v) is 8.21. The molecule has 29 heavy (non-hydrogen) atoms. The first-order valence-corrected chi connectivity index (χ1v) is 10.7. The molecule has 0 saturated heterocycles. The van der Waals surface area contributed by atoms with Crippen molar-refractivity contribution in [1.29, 1.82) is 0 Å². The van der Waals surface area contributed by atoms with Gasteiger partial charge in [0.25, 0.3) is 5.91 Å². The second-order valence-electron chi connectivity index (χ2n) is 7.11. The number of carbonyl (C=O) groups excluding carboxylic acids is 2. The number of rotatable bonds is 8. The third kappa shape index (κ3) is 5.87. The highest BCUT2D eigenvalue weighted by Gasteiger charge is 2.25. The number of carboxylic acid groups (broad SMARTS) is 1. The maximum absolute atomic E-state index is 13.0. The summed E-state index contributed by atoms with van der Waals surface area (Å²) in [7, 11) is 0. The van der Waals surface area contributed by atoms with Crippen molar-refractivity contribution in [1.82, 2.24) is 10.3 Å². The Hall–Kier alpha value is -2.74. The molecule has 2 aromatic heterocycles. The van der Waals surface area contributed by atoms with E-state index in [0.29, 0.717) is 17.1 Å². The number of anilines is 1. The molecule has 0 aliphatic heterocycles. The summed E-state index contributed by atoms with van der Waals surface area (Å²) < 4.78 is 0. The highest BCUT2D eigenvalue weighted by Crippen LogP contribution is 2.37. The Balaban J connectivity index is 1.75. The van der Waals surface area contributed by atoms with Crippen molar-refractivity contribution in [3.05, 3.63) is 46.1 Å². The van der Waals surface area contributed by atoms with E-state index in [1.807, 2.05) is 12.1 Å². The number of amides is 2. The van der Waals surface area contributed by atoms with Crippen LogP contribution in [0.5, 0.6) is 0 Å². The lowest BCUT2D eigenvalue weighted by Gasteiger charge is -2.10. The standard InChI is InChI=1S/C21H25N3O4S/c25-17(9-4-10-18(26)27)24-21-19(15-7-2-1-3-8-16(15)29-21)20(28)23-13-14-6-5-11-22-12-14/h5-6,11-12H,1-4,7-10,13H2,(H,23,28)(H,24,25)(H,26,27). The van der Waals surface area contributed by atoms with Crippen molar-refractivity contribution in [2.45, 2.75) is 57.9 Å². The largest absolute Gasteiger partial charge is 0.481 e. The molecular weight excluding hydrogens is 390 g/mol. The Morgan fingerprint density at radius 2 is 1.97 bits per heavy atom. The maximum atomic E-state index is 13.0. The Labute approximate surface area is 173 Å². The zero-order valence-corrected chi connectivity index (χ0v) is 17.0. The number of hydrogen-bond donors (Lipinski definition) is 3. The Morgan fingerprint density at radius 1 is 1.14 bits per heavy atom. The molecule has 0 radical (unpaired) electrons. The minimum Gasteiger partial charge on any atom is -0.481 e. The molecule has 154 valence electrons. The van der Waals surface area contributed by atoms with E-state index in [1.54, 1.807) is 12.4 Å². The van der Waals surface area contributed by atoms with Crippen molar-refractivity contribution < 1.29 is 19.5 Å². The molecule has 2 aromatic rings. The lowest BCUT2D eigenvalue weighted by molar-refractivity contribution is -0.137. The van der Waals surface area contributed by atoms with Crippen molar-refractivity contribution >= 4 is 34.1 Å². The molecule has 0 spiro atoms. The van der Waals surface area contributed by atoms with Crippen molar-refractivity contribution in [2.24, 2.45) is 0 Å². The first kappa shape index (κ1) is 21.0. The van der Waals surface area contributed by atoms with E-state index in [9.17, 15) is 14.4 Å². The van der Waals surface area contributed by atoms with Gasteiger partial charge in [0.2, 0.25) is 5.91 Å². The van der Waals surface area contributed by atoms with Crippen LogP contribution in [-0.2, 0) is 29.0 Å². The molecule has 3 rings (SSSR count). The first-order valence-electron chi connectivity index (χ1n) is 9.88. The van der Waals surface area contributed by atoms with Crippen LogP contribution in [0.4, 0.5) is 5.00 Å². The average molecular weight is 416 g/mol. The van der Waals surface area contributed by atoms with E-state index < -0.39 is 5.97 Å². The second kappa shape index (κ2) is 10.2. The molecule has 7 nitrogen and oxygen atoms in total. The van der Waals surface area contributed by atoms with Crippen molar-refractivity contribution in [3.8, 4) is 0 Å². The molecule has 8 heteroatoms. The van der Waals surface area contributed by atoms with Gasteiger partial charge in [0.1, 0.15) is 5.00 Å². The summed E-state index contributed by atoms with van der Waals surface area (Å²) in [6.07, 6.45) is 8.72. The van der Waals surface area contributed by atoms with Crippen LogP contribution in [0.1, 0.15) is 64.9 Å². The Kier molecular flexibility index (Phi) is 7.35. The summed E-state index contributed by atoms with van der Waals surface area (Å²) in [6.45, 7) is 0.364. The number of aryl methyl sites for hydroxylation is 1. The normalized spacial score (nSPS) is 13.2. The van der Waals surface area contributed by atoms with Crippen LogP contribution >= 0.6 is 11.3 Å². The lowest BCUT2D eigenvalue weighted by Crippen LogP contribution is -2.25. The predicted molar refractivity (Wildman–Crippen MR) is 111 cm³/mol. The monoisotopic (exact) mass is 415 g/mol. The van der Waals surface area contributed by atoms with Crippen LogP contribution < -0.4 is 10.6 Å². The average Bonchev–Trinajstić information content (AvgIpc) is 2.87. The van der Waals surface area contributed by atoms with E-state index in [2.05, 4.69) is 15.6 Å². The number of carbonyl (C=O) groups is 3. The zero-order chi connectivity index (χ0) is 20.6. The summed E-state index contributed by atoms with van der Waals surface area (Å²) in [5, 5.41) is 15.1. The van der Waals surface area contributed by atoms with Gasteiger partial charge in [-0.15, -0.1) is 11.3 Å². The van der Waals surface area contributed by atoms with E-state index in [1.165, 1.54) is 11.3 Å². The molecular formula is C21H25N3O4S. The summed E-state index contributed by atoms with van der Waals surface area (Å²) in [5.74, 6) is -1.38. The topological polar surface area (TPSA) is 108 Å². The summed E-state index contributed by atoms with van der Waals surface area (Å²) in [6, 6.07) is 3.72. The van der Waals surface area contributed by atoms with Gasteiger partial charge < -0.3 is 15.7 Å². The molecule has 1 aliphatic rings. The van der Waals surface area contributed by atoms with Gasteiger partial charge in [-0.05, 0) is 49.3 Å². The third-order valence-corrected chi connectivity index (χ3v) is 6.08. The van der Waals surface area contributed by atoms with Crippen LogP contribution in [0.2, 0.25) is 0 Å². The van der Waals surface area contributed by atoms with E-state index in [4.69, 9.17) is 5.11 Å². The highest BCUT2D eigenvalue weighted by atomic mass is 32.1. The Bertz CT molecular complexity index is 880. The van der Waals surface area contributed by atoms with E-state index in [-0.39, 0.29) is 31.1 Å². The minimum atomic E-state index is -0.920. The Morgan fingerprint density at radius 3 is 2.72 bits per heavy atom. The first-order chi connectivity index (χ1) is 14.0.